The standard InChI is InChI=1S/C14H20BNO3/c17-15-14-10-12(7-6-11(14)8-9-18-15)16-19-13-4-2-1-3-5-13/h6-7,10,13,16-17H,1-5,8-9H2. The number of hydrogen-bond donors (Lipinski definition) is 2. The molecule has 1 aromatic carbocycles. The van der Waals surface area contributed by atoms with E-state index in [1.807, 2.05) is 18.2 Å². The molecule has 0 aromatic heterocycles. The Hall–Kier alpha value is -1.04. The summed E-state index contributed by atoms with van der Waals surface area (Å²) in [5.41, 5.74) is 5.91. The first-order valence-electron chi connectivity index (χ1n) is 7.17. The first kappa shape index (κ1) is 13.0. The molecular formula is C14H20BNO3. The molecule has 19 heavy (non-hydrogen) atoms. The van der Waals surface area contributed by atoms with Crippen molar-refractivity contribution < 1.29 is 14.5 Å². The lowest BCUT2D eigenvalue weighted by Gasteiger charge is -2.23. The summed E-state index contributed by atoms with van der Waals surface area (Å²) in [6.45, 7) is 0.583. The van der Waals surface area contributed by atoms with Crippen LogP contribution in [0.15, 0.2) is 18.2 Å². The van der Waals surface area contributed by atoms with Crippen molar-refractivity contribution in [2.75, 3.05) is 12.1 Å². The molecule has 4 nitrogen and oxygen atoms in total. The quantitative estimate of drug-likeness (QED) is 0.641. The van der Waals surface area contributed by atoms with Gasteiger partial charge in [-0.25, -0.2) is 0 Å². The molecule has 0 amide bonds. The number of nitrogens with one attached hydrogen (secondary N) is 1. The summed E-state index contributed by atoms with van der Waals surface area (Å²) in [6.07, 6.45) is 7.25. The molecular weight excluding hydrogens is 241 g/mol. The number of benzene rings is 1. The van der Waals surface area contributed by atoms with Gasteiger partial charge in [-0.15, -0.1) is 0 Å². The van der Waals surface area contributed by atoms with Gasteiger partial charge in [-0.05, 0) is 42.4 Å². The Morgan fingerprint density at radius 2 is 2.11 bits per heavy atom. The highest BCUT2D eigenvalue weighted by atomic mass is 16.7. The maximum absolute atomic E-state index is 9.81. The van der Waals surface area contributed by atoms with E-state index < -0.39 is 7.12 Å². The second-order valence-corrected chi connectivity index (χ2v) is 5.37. The van der Waals surface area contributed by atoms with Crippen LogP contribution in [-0.4, -0.2) is 24.9 Å². The fraction of sp³-hybridized carbons (Fsp3) is 0.571. The summed E-state index contributed by atoms with van der Waals surface area (Å²) >= 11 is 0. The molecule has 2 aliphatic rings. The number of anilines is 1. The van der Waals surface area contributed by atoms with Gasteiger partial charge in [0.05, 0.1) is 11.8 Å². The van der Waals surface area contributed by atoms with Crippen LogP contribution in [0.3, 0.4) is 0 Å². The van der Waals surface area contributed by atoms with Gasteiger partial charge in [-0.3, -0.25) is 10.3 Å². The molecule has 2 N–H and O–H groups in total. The van der Waals surface area contributed by atoms with E-state index in [0.717, 1.165) is 36.0 Å². The molecule has 1 saturated carbocycles. The van der Waals surface area contributed by atoms with Crippen molar-refractivity contribution >= 4 is 18.3 Å². The van der Waals surface area contributed by atoms with Gasteiger partial charge in [-0.2, -0.15) is 0 Å². The van der Waals surface area contributed by atoms with Crippen molar-refractivity contribution in [2.24, 2.45) is 0 Å². The van der Waals surface area contributed by atoms with Crippen molar-refractivity contribution in [3.05, 3.63) is 23.8 Å². The zero-order valence-electron chi connectivity index (χ0n) is 11.1. The van der Waals surface area contributed by atoms with Crippen LogP contribution in [0.5, 0.6) is 0 Å². The van der Waals surface area contributed by atoms with Gasteiger partial charge >= 0.3 is 7.12 Å². The lowest BCUT2D eigenvalue weighted by atomic mass is 9.73. The molecule has 1 aliphatic heterocycles. The highest BCUT2D eigenvalue weighted by Crippen LogP contribution is 2.21. The highest BCUT2D eigenvalue weighted by Gasteiger charge is 2.25. The Morgan fingerprint density at radius 1 is 1.26 bits per heavy atom. The fourth-order valence-electron chi connectivity index (χ4n) is 2.82. The fourth-order valence-corrected chi connectivity index (χ4v) is 2.82. The third-order valence-electron chi connectivity index (χ3n) is 3.95. The molecule has 102 valence electrons. The van der Waals surface area contributed by atoms with Gasteiger partial charge in [0, 0.05) is 6.61 Å². The summed E-state index contributed by atoms with van der Waals surface area (Å²) in [5, 5.41) is 9.81. The topological polar surface area (TPSA) is 50.7 Å². The number of rotatable bonds is 3. The Labute approximate surface area is 114 Å². The third-order valence-corrected chi connectivity index (χ3v) is 3.95. The molecule has 0 atom stereocenters. The van der Waals surface area contributed by atoms with E-state index in [0.29, 0.717) is 12.7 Å². The largest absolute Gasteiger partial charge is 0.491 e. The monoisotopic (exact) mass is 261 g/mol. The summed E-state index contributed by atoms with van der Waals surface area (Å²) in [5.74, 6) is 0. The predicted molar refractivity (Wildman–Crippen MR) is 75.3 cm³/mol. The van der Waals surface area contributed by atoms with Gasteiger partial charge in [-0.1, -0.05) is 25.3 Å². The van der Waals surface area contributed by atoms with Gasteiger partial charge < -0.3 is 9.68 Å². The van der Waals surface area contributed by atoms with E-state index in [2.05, 4.69) is 5.48 Å². The molecule has 0 unspecified atom stereocenters. The summed E-state index contributed by atoms with van der Waals surface area (Å²) in [4.78, 5) is 5.72. The van der Waals surface area contributed by atoms with Crippen molar-refractivity contribution in [3.8, 4) is 0 Å². The van der Waals surface area contributed by atoms with E-state index >= 15 is 0 Å². The molecule has 0 spiro atoms. The summed E-state index contributed by atoms with van der Waals surface area (Å²) < 4.78 is 5.24. The number of fused-ring (bicyclic) bond motifs is 1. The Bertz CT molecular complexity index is 435. The normalized spacial score (nSPS) is 20.2. The van der Waals surface area contributed by atoms with Crippen LogP contribution < -0.4 is 10.9 Å². The van der Waals surface area contributed by atoms with Crippen molar-refractivity contribution in [2.45, 2.75) is 44.6 Å². The smallest absolute Gasteiger partial charge is 0.423 e. The molecule has 1 heterocycles. The van der Waals surface area contributed by atoms with Crippen LogP contribution in [0.4, 0.5) is 5.69 Å². The molecule has 0 radical (unpaired) electrons. The maximum atomic E-state index is 9.81. The lowest BCUT2D eigenvalue weighted by molar-refractivity contribution is 0.0686. The second-order valence-electron chi connectivity index (χ2n) is 5.37. The minimum absolute atomic E-state index is 0.311. The second kappa shape index (κ2) is 5.95. The van der Waals surface area contributed by atoms with Crippen LogP contribution in [-0.2, 0) is 15.9 Å². The maximum Gasteiger partial charge on any atom is 0.491 e. The molecule has 1 aliphatic carbocycles. The van der Waals surface area contributed by atoms with E-state index in [4.69, 9.17) is 9.49 Å². The summed E-state index contributed by atoms with van der Waals surface area (Å²) in [6, 6.07) is 5.95. The molecule has 1 fully saturated rings. The Morgan fingerprint density at radius 3 is 2.95 bits per heavy atom. The van der Waals surface area contributed by atoms with Crippen molar-refractivity contribution in [3.63, 3.8) is 0 Å². The average Bonchev–Trinajstić information content (AvgIpc) is 2.47. The molecule has 3 rings (SSSR count). The lowest BCUT2D eigenvalue weighted by Crippen LogP contribution is -2.41. The van der Waals surface area contributed by atoms with Crippen LogP contribution in [0.1, 0.15) is 37.7 Å². The predicted octanol–water partition coefficient (Wildman–Crippen LogP) is 1.62. The minimum atomic E-state index is -0.805. The molecule has 0 saturated heterocycles. The third kappa shape index (κ3) is 3.11. The van der Waals surface area contributed by atoms with Gasteiger partial charge in [0.25, 0.3) is 0 Å². The van der Waals surface area contributed by atoms with Gasteiger partial charge in [0.15, 0.2) is 0 Å². The Kier molecular flexibility index (Phi) is 4.06. The summed E-state index contributed by atoms with van der Waals surface area (Å²) in [7, 11) is -0.805. The van der Waals surface area contributed by atoms with Gasteiger partial charge in [0.1, 0.15) is 0 Å². The Balaban J connectivity index is 1.63. The average molecular weight is 261 g/mol. The van der Waals surface area contributed by atoms with Crippen molar-refractivity contribution in [1.29, 1.82) is 0 Å². The molecule has 0 bridgehead atoms. The first-order chi connectivity index (χ1) is 9.33. The van der Waals surface area contributed by atoms with E-state index in [1.165, 1.54) is 19.3 Å². The molecule has 1 aromatic rings. The van der Waals surface area contributed by atoms with Crippen LogP contribution in [0.25, 0.3) is 0 Å². The first-order valence-corrected chi connectivity index (χ1v) is 7.17. The van der Waals surface area contributed by atoms with Crippen LogP contribution in [0, 0.1) is 0 Å². The zero-order valence-corrected chi connectivity index (χ0v) is 11.1. The zero-order chi connectivity index (χ0) is 13.1. The van der Waals surface area contributed by atoms with E-state index in [9.17, 15) is 5.02 Å². The van der Waals surface area contributed by atoms with E-state index in [1.54, 1.807) is 0 Å². The van der Waals surface area contributed by atoms with E-state index in [-0.39, 0.29) is 0 Å². The SMILES string of the molecule is OB1OCCc2ccc(NOC3CCCCC3)cc21. The highest BCUT2D eigenvalue weighted by molar-refractivity contribution is 6.61. The van der Waals surface area contributed by atoms with Crippen LogP contribution >= 0.6 is 0 Å². The van der Waals surface area contributed by atoms with Crippen LogP contribution in [0.2, 0.25) is 0 Å². The minimum Gasteiger partial charge on any atom is -0.423 e. The number of hydrogen-bond acceptors (Lipinski definition) is 4. The van der Waals surface area contributed by atoms with Gasteiger partial charge in [0.2, 0.25) is 0 Å². The molecule has 5 heteroatoms. The van der Waals surface area contributed by atoms with Crippen molar-refractivity contribution in [1.82, 2.24) is 0 Å².